The molecule has 0 bridgehead atoms. The van der Waals surface area contributed by atoms with E-state index in [9.17, 15) is 4.79 Å². The predicted octanol–water partition coefficient (Wildman–Crippen LogP) is 2.19. The largest absolute Gasteiger partial charge is 0.342 e. The Hall–Kier alpha value is -1.56. The number of hydrogen-bond acceptors (Lipinski definition) is 4. The fourth-order valence-electron chi connectivity index (χ4n) is 2.85. The Labute approximate surface area is 128 Å². The number of carbonyl (C=O) groups is 1. The number of thioether (sulfide) groups is 1. The molecule has 1 aliphatic rings. The second-order valence-corrected chi connectivity index (χ2v) is 6.64. The summed E-state index contributed by atoms with van der Waals surface area (Å²) in [5.41, 5.74) is 0.891. The number of likely N-dealkylation sites (tertiary alicyclic amines) is 1. The molecule has 0 unspecified atom stereocenters. The molecule has 2 aromatic rings. The van der Waals surface area contributed by atoms with Gasteiger partial charge in [-0.05, 0) is 38.2 Å². The van der Waals surface area contributed by atoms with Crippen molar-refractivity contribution in [2.24, 2.45) is 0 Å². The van der Waals surface area contributed by atoms with Crippen molar-refractivity contribution in [1.29, 1.82) is 0 Å². The van der Waals surface area contributed by atoms with Gasteiger partial charge in [-0.3, -0.25) is 9.20 Å². The van der Waals surface area contributed by atoms with E-state index in [4.69, 9.17) is 0 Å². The molecular weight excluding hydrogens is 284 g/mol. The first-order valence-electron chi connectivity index (χ1n) is 7.32. The third-order valence-corrected chi connectivity index (χ3v) is 5.12. The van der Waals surface area contributed by atoms with Gasteiger partial charge in [-0.25, -0.2) is 0 Å². The van der Waals surface area contributed by atoms with Crippen LogP contribution in [0.25, 0.3) is 5.65 Å². The second-order valence-electron chi connectivity index (χ2n) is 5.46. The lowest BCUT2D eigenvalue weighted by atomic mass is 9.96. The Morgan fingerprint density at radius 3 is 2.81 bits per heavy atom. The molecule has 3 heterocycles. The lowest BCUT2D eigenvalue weighted by molar-refractivity contribution is -0.131. The molecule has 112 valence electrons. The van der Waals surface area contributed by atoms with Gasteiger partial charge in [0.25, 0.3) is 0 Å². The van der Waals surface area contributed by atoms with Crippen LogP contribution < -0.4 is 0 Å². The summed E-state index contributed by atoms with van der Waals surface area (Å²) in [6.07, 6.45) is 5.92. The van der Waals surface area contributed by atoms with Gasteiger partial charge in [0.15, 0.2) is 5.65 Å². The molecule has 0 N–H and O–H groups in total. The number of fused-ring (bicyclic) bond motifs is 1. The average Bonchev–Trinajstić information content (AvgIpc) is 2.97. The van der Waals surface area contributed by atoms with Crippen molar-refractivity contribution in [3.8, 4) is 0 Å². The maximum Gasteiger partial charge on any atom is 0.235 e. The zero-order valence-corrected chi connectivity index (χ0v) is 13.2. The van der Waals surface area contributed by atoms with Gasteiger partial charge in [0.05, 0.1) is 5.25 Å². The van der Waals surface area contributed by atoms with E-state index in [1.54, 1.807) is 11.8 Å². The third kappa shape index (κ3) is 2.77. The molecule has 6 heteroatoms. The summed E-state index contributed by atoms with van der Waals surface area (Å²) in [7, 11) is 0. The summed E-state index contributed by atoms with van der Waals surface area (Å²) in [4.78, 5) is 14.2. The highest BCUT2D eigenvalue weighted by Gasteiger charge is 2.28. The van der Waals surface area contributed by atoms with Crippen molar-refractivity contribution < 1.29 is 4.79 Å². The van der Waals surface area contributed by atoms with Crippen LogP contribution in [0, 0.1) is 0 Å². The third-order valence-electron chi connectivity index (χ3n) is 4.21. The first-order chi connectivity index (χ1) is 10.2. The topological polar surface area (TPSA) is 50.5 Å². The maximum atomic E-state index is 12.2. The standard InChI is InChI=1S/C15H20N4OS/c1-11(21-2)15(20)18-9-6-12(7-10-18)14-17-16-13-5-3-4-8-19(13)14/h3-5,8,11-12H,6-7,9-10H2,1-2H3/t11-/m1/s1. The molecule has 5 nitrogen and oxygen atoms in total. The van der Waals surface area contributed by atoms with E-state index in [-0.39, 0.29) is 11.2 Å². The van der Waals surface area contributed by atoms with Crippen LogP contribution in [0.3, 0.4) is 0 Å². The molecule has 0 saturated carbocycles. The van der Waals surface area contributed by atoms with Gasteiger partial charge >= 0.3 is 0 Å². The van der Waals surface area contributed by atoms with Crippen molar-refractivity contribution in [2.75, 3.05) is 19.3 Å². The maximum absolute atomic E-state index is 12.2. The molecule has 1 amide bonds. The first kappa shape index (κ1) is 14.4. The number of amides is 1. The van der Waals surface area contributed by atoms with Gasteiger partial charge in [-0.15, -0.1) is 10.2 Å². The summed E-state index contributed by atoms with van der Waals surface area (Å²) in [6.45, 7) is 3.61. The number of nitrogens with zero attached hydrogens (tertiary/aromatic N) is 4. The Morgan fingerprint density at radius 2 is 2.10 bits per heavy atom. The zero-order valence-electron chi connectivity index (χ0n) is 12.4. The van der Waals surface area contributed by atoms with Gasteiger partial charge in [0.2, 0.25) is 5.91 Å². The summed E-state index contributed by atoms with van der Waals surface area (Å²) < 4.78 is 2.06. The Bertz CT molecular complexity index is 633. The van der Waals surface area contributed by atoms with Crippen LogP contribution in [0.2, 0.25) is 0 Å². The quantitative estimate of drug-likeness (QED) is 0.872. The van der Waals surface area contributed by atoms with Crippen LogP contribution in [-0.4, -0.2) is 50.0 Å². The van der Waals surface area contributed by atoms with Gasteiger partial charge in [-0.1, -0.05) is 6.07 Å². The number of piperidine rings is 1. The zero-order chi connectivity index (χ0) is 14.8. The number of rotatable bonds is 3. The van der Waals surface area contributed by atoms with E-state index in [1.165, 1.54) is 0 Å². The van der Waals surface area contributed by atoms with E-state index < -0.39 is 0 Å². The van der Waals surface area contributed by atoms with Crippen LogP contribution in [0.5, 0.6) is 0 Å². The minimum Gasteiger partial charge on any atom is -0.342 e. The molecule has 0 aliphatic carbocycles. The van der Waals surface area contributed by atoms with E-state index >= 15 is 0 Å². The summed E-state index contributed by atoms with van der Waals surface area (Å²) >= 11 is 1.61. The first-order valence-corrected chi connectivity index (χ1v) is 8.60. The Balaban J connectivity index is 1.70. The minimum atomic E-state index is 0.0514. The molecule has 1 aliphatic heterocycles. The highest BCUT2D eigenvalue weighted by Crippen LogP contribution is 2.27. The average molecular weight is 304 g/mol. The lowest BCUT2D eigenvalue weighted by Crippen LogP contribution is -2.41. The number of hydrogen-bond donors (Lipinski definition) is 0. The molecule has 3 rings (SSSR count). The summed E-state index contributed by atoms with van der Waals surface area (Å²) in [6, 6.07) is 5.94. The smallest absolute Gasteiger partial charge is 0.235 e. The van der Waals surface area contributed by atoms with Crippen LogP contribution in [0.4, 0.5) is 0 Å². The van der Waals surface area contributed by atoms with E-state index in [0.29, 0.717) is 5.92 Å². The Morgan fingerprint density at radius 1 is 1.33 bits per heavy atom. The van der Waals surface area contributed by atoms with Crippen LogP contribution in [0.15, 0.2) is 24.4 Å². The van der Waals surface area contributed by atoms with Gasteiger partial charge in [-0.2, -0.15) is 11.8 Å². The van der Waals surface area contributed by atoms with E-state index in [0.717, 1.165) is 37.4 Å². The van der Waals surface area contributed by atoms with Gasteiger partial charge < -0.3 is 4.90 Å². The molecule has 21 heavy (non-hydrogen) atoms. The molecule has 1 fully saturated rings. The minimum absolute atomic E-state index is 0.0514. The van der Waals surface area contributed by atoms with Gasteiger partial charge in [0.1, 0.15) is 5.82 Å². The van der Waals surface area contributed by atoms with Crippen molar-refractivity contribution in [3.63, 3.8) is 0 Å². The van der Waals surface area contributed by atoms with Gasteiger partial charge in [0, 0.05) is 25.2 Å². The molecular formula is C15H20N4OS. The van der Waals surface area contributed by atoms with Crippen molar-refractivity contribution >= 4 is 23.3 Å². The van der Waals surface area contributed by atoms with E-state index in [1.807, 2.05) is 42.5 Å². The van der Waals surface area contributed by atoms with Crippen LogP contribution >= 0.6 is 11.8 Å². The SMILES string of the molecule is CS[C@H](C)C(=O)N1CCC(c2nnc3ccccn23)CC1. The van der Waals surface area contributed by atoms with Crippen molar-refractivity contribution in [3.05, 3.63) is 30.2 Å². The highest BCUT2D eigenvalue weighted by molar-refractivity contribution is 7.99. The Kier molecular flexibility index (Phi) is 4.14. The number of aromatic nitrogens is 3. The molecule has 0 radical (unpaired) electrons. The number of pyridine rings is 1. The molecule has 1 atom stereocenters. The predicted molar refractivity (Wildman–Crippen MR) is 84.5 cm³/mol. The fourth-order valence-corrected chi connectivity index (χ4v) is 3.20. The molecule has 2 aromatic heterocycles. The fraction of sp³-hybridized carbons (Fsp3) is 0.533. The number of carbonyl (C=O) groups excluding carboxylic acids is 1. The van der Waals surface area contributed by atoms with Crippen LogP contribution in [-0.2, 0) is 4.79 Å². The molecule has 1 saturated heterocycles. The summed E-state index contributed by atoms with van der Waals surface area (Å²) in [5, 5.41) is 8.62. The monoisotopic (exact) mass is 304 g/mol. The van der Waals surface area contributed by atoms with Crippen molar-refractivity contribution in [2.45, 2.75) is 30.9 Å². The second kappa shape index (κ2) is 6.05. The van der Waals surface area contributed by atoms with E-state index in [2.05, 4.69) is 14.6 Å². The molecule has 0 aromatic carbocycles. The van der Waals surface area contributed by atoms with Crippen molar-refractivity contribution in [1.82, 2.24) is 19.5 Å². The highest BCUT2D eigenvalue weighted by atomic mass is 32.2. The molecule has 0 spiro atoms. The summed E-state index contributed by atoms with van der Waals surface area (Å²) in [5.74, 6) is 1.67. The van der Waals surface area contributed by atoms with Crippen LogP contribution in [0.1, 0.15) is 31.5 Å². The lowest BCUT2D eigenvalue weighted by Gasteiger charge is -2.32. The normalized spacial score (nSPS) is 18.1.